The molecule has 0 amide bonds. The van der Waals surface area contributed by atoms with Crippen molar-refractivity contribution in [1.29, 1.82) is 0 Å². The third kappa shape index (κ3) is 7.61. The van der Waals surface area contributed by atoms with E-state index >= 15 is 0 Å². The Morgan fingerprint density at radius 3 is 1.59 bits per heavy atom. The molecule has 2 aromatic carbocycles. The molecule has 0 spiro atoms. The molecule has 4 rings (SSSR count). The van der Waals surface area contributed by atoms with Gasteiger partial charge in [-0.2, -0.15) is 0 Å². The van der Waals surface area contributed by atoms with Crippen molar-refractivity contribution in [2.24, 2.45) is 0 Å². The molecule has 0 bridgehead atoms. The fourth-order valence-corrected chi connectivity index (χ4v) is 5.69. The van der Waals surface area contributed by atoms with Gasteiger partial charge in [0.2, 0.25) is 0 Å². The van der Waals surface area contributed by atoms with Gasteiger partial charge in [0, 0.05) is 38.0 Å². The van der Waals surface area contributed by atoms with Gasteiger partial charge in [-0.25, -0.2) is 4.79 Å². The number of carbonyl (C=O) groups is 1. The van der Waals surface area contributed by atoms with E-state index in [1.807, 2.05) is 12.1 Å². The van der Waals surface area contributed by atoms with Crippen LogP contribution in [-0.4, -0.2) is 52.3 Å². The van der Waals surface area contributed by atoms with E-state index in [4.69, 9.17) is 32.7 Å². The summed E-state index contributed by atoms with van der Waals surface area (Å²) < 4.78 is 10.7. The fourth-order valence-electron chi connectivity index (χ4n) is 5.14. The van der Waals surface area contributed by atoms with Crippen LogP contribution in [0.1, 0.15) is 49.7 Å². The number of likely N-dealkylation sites (tertiary alicyclic amines) is 2. The number of ether oxygens (including phenoxy) is 2. The highest BCUT2D eigenvalue weighted by molar-refractivity contribution is 6.20. The van der Waals surface area contributed by atoms with Crippen LogP contribution in [0.15, 0.2) is 60.7 Å². The first-order valence-corrected chi connectivity index (χ1v) is 13.2. The van der Waals surface area contributed by atoms with Crippen molar-refractivity contribution in [1.82, 2.24) is 9.80 Å². The molecule has 34 heavy (non-hydrogen) atoms. The molecule has 184 valence electrons. The van der Waals surface area contributed by atoms with Gasteiger partial charge in [0.15, 0.2) is 11.1 Å². The highest BCUT2D eigenvalue weighted by Crippen LogP contribution is 2.27. The van der Waals surface area contributed by atoms with Crippen molar-refractivity contribution in [3.63, 3.8) is 0 Å². The lowest BCUT2D eigenvalue weighted by Gasteiger charge is -2.27. The molecule has 0 unspecified atom stereocenters. The number of alkyl halides is 2. The van der Waals surface area contributed by atoms with Crippen LogP contribution in [0.4, 0.5) is 4.79 Å². The SMILES string of the molecule is O=C(O[C@@H](Cl)C[C@@H]1CCCN1Cc1ccccc1)O[C@@H](Cl)C[C@@H]1CCCN1Cc1ccccc1. The summed E-state index contributed by atoms with van der Waals surface area (Å²) in [6, 6.07) is 21.4. The monoisotopic (exact) mass is 504 g/mol. The van der Waals surface area contributed by atoms with Crippen molar-refractivity contribution < 1.29 is 14.3 Å². The maximum Gasteiger partial charge on any atom is 0.511 e. The van der Waals surface area contributed by atoms with E-state index in [1.54, 1.807) is 0 Å². The van der Waals surface area contributed by atoms with Gasteiger partial charge in [-0.1, -0.05) is 83.9 Å². The Labute approximate surface area is 212 Å². The number of hydrogen-bond acceptors (Lipinski definition) is 5. The molecular formula is C27H34Cl2N2O3. The molecule has 0 N–H and O–H groups in total. The average Bonchev–Trinajstić information content (AvgIpc) is 3.44. The Kier molecular flexibility index (Phi) is 9.51. The Morgan fingerprint density at radius 2 is 1.18 bits per heavy atom. The fraction of sp³-hybridized carbons (Fsp3) is 0.519. The second kappa shape index (κ2) is 12.8. The van der Waals surface area contributed by atoms with E-state index in [0.29, 0.717) is 12.8 Å². The number of carbonyl (C=O) groups excluding carboxylic acids is 1. The van der Waals surface area contributed by atoms with E-state index in [0.717, 1.165) is 51.9 Å². The lowest BCUT2D eigenvalue weighted by Crippen LogP contribution is -2.33. The van der Waals surface area contributed by atoms with Crippen LogP contribution in [0.2, 0.25) is 0 Å². The van der Waals surface area contributed by atoms with Gasteiger partial charge in [-0.3, -0.25) is 9.80 Å². The highest BCUT2D eigenvalue weighted by Gasteiger charge is 2.30. The average molecular weight is 505 g/mol. The van der Waals surface area contributed by atoms with E-state index in [2.05, 4.69) is 58.3 Å². The summed E-state index contributed by atoms with van der Waals surface area (Å²) in [6.45, 7) is 3.81. The standard InChI is InChI=1S/C27H34Cl2N2O3/c28-25(17-23-13-7-15-30(23)19-21-9-3-1-4-10-21)33-27(32)34-26(29)18-24-14-8-16-31(24)20-22-11-5-2-6-12-22/h1-6,9-12,23-26H,7-8,13-20H2/t23-,24-,25+,26+/m0/s1. The zero-order chi connectivity index (χ0) is 23.8. The van der Waals surface area contributed by atoms with Crippen molar-refractivity contribution in [3.05, 3.63) is 71.8 Å². The van der Waals surface area contributed by atoms with Crippen LogP contribution in [-0.2, 0) is 22.6 Å². The highest BCUT2D eigenvalue weighted by atomic mass is 35.5. The van der Waals surface area contributed by atoms with Gasteiger partial charge in [-0.15, -0.1) is 0 Å². The number of rotatable bonds is 10. The van der Waals surface area contributed by atoms with Crippen LogP contribution in [0.25, 0.3) is 0 Å². The maximum absolute atomic E-state index is 12.3. The quantitative estimate of drug-likeness (QED) is 0.277. The van der Waals surface area contributed by atoms with Gasteiger partial charge >= 0.3 is 6.16 Å². The number of nitrogens with zero attached hydrogens (tertiary/aromatic N) is 2. The minimum atomic E-state index is -0.791. The van der Waals surface area contributed by atoms with E-state index < -0.39 is 17.3 Å². The summed E-state index contributed by atoms with van der Waals surface area (Å²) >= 11 is 12.8. The topological polar surface area (TPSA) is 42.0 Å². The zero-order valence-corrected chi connectivity index (χ0v) is 21.0. The summed E-state index contributed by atoms with van der Waals surface area (Å²) in [6.07, 6.45) is 4.69. The molecule has 2 heterocycles. The molecule has 0 saturated carbocycles. The molecule has 2 aliphatic heterocycles. The molecule has 7 heteroatoms. The molecule has 2 saturated heterocycles. The van der Waals surface area contributed by atoms with Gasteiger partial charge in [0.1, 0.15) is 0 Å². The normalized spacial score (nSPS) is 23.0. The molecule has 2 fully saturated rings. The van der Waals surface area contributed by atoms with Crippen LogP contribution >= 0.6 is 23.2 Å². The molecule has 4 atom stereocenters. The first-order valence-electron chi connectivity index (χ1n) is 12.3. The predicted octanol–water partition coefficient (Wildman–Crippen LogP) is 6.38. The number of benzene rings is 2. The van der Waals surface area contributed by atoms with Crippen LogP contribution in [0.5, 0.6) is 0 Å². The Balaban J connectivity index is 1.19. The van der Waals surface area contributed by atoms with Gasteiger partial charge in [-0.05, 0) is 49.9 Å². The molecule has 0 radical (unpaired) electrons. The summed E-state index contributed by atoms with van der Waals surface area (Å²) in [5.41, 5.74) is 1.08. The molecule has 5 nitrogen and oxygen atoms in total. The van der Waals surface area contributed by atoms with E-state index in [1.165, 1.54) is 11.1 Å². The molecule has 0 aliphatic carbocycles. The lowest BCUT2D eigenvalue weighted by atomic mass is 10.1. The largest absolute Gasteiger partial charge is 0.511 e. The Hall–Kier alpha value is -1.79. The molecule has 2 aliphatic rings. The second-order valence-corrected chi connectivity index (χ2v) is 10.3. The van der Waals surface area contributed by atoms with Crippen LogP contribution < -0.4 is 0 Å². The molecular weight excluding hydrogens is 471 g/mol. The third-order valence-corrected chi connectivity index (χ3v) is 7.35. The van der Waals surface area contributed by atoms with E-state index in [-0.39, 0.29) is 12.1 Å². The molecule has 0 aromatic heterocycles. The van der Waals surface area contributed by atoms with Gasteiger partial charge < -0.3 is 9.47 Å². The van der Waals surface area contributed by atoms with Gasteiger partial charge in [0.25, 0.3) is 0 Å². The first-order chi connectivity index (χ1) is 16.6. The Morgan fingerprint density at radius 1 is 0.765 bits per heavy atom. The number of halogens is 2. The van der Waals surface area contributed by atoms with Crippen LogP contribution in [0.3, 0.4) is 0 Å². The van der Waals surface area contributed by atoms with Crippen molar-refractivity contribution in [3.8, 4) is 0 Å². The van der Waals surface area contributed by atoms with Crippen molar-refractivity contribution in [2.45, 2.75) is 74.8 Å². The first kappa shape index (κ1) is 25.3. The van der Waals surface area contributed by atoms with Crippen molar-refractivity contribution >= 4 is 29.4 Å². The van der Waals surface area contributed by atoms with Crippen LogP contribution in [0, 0.1) is 0 Å². The third-order valence-electron chi connectivity index (χ3n) is 6.82. The second-order valence-electron chi connectivity index (χ2n) is 9.28. The van der Waals surface area contributed by atoms with Crippen molar-refractivity contribution in [2.75, 3.05) is 13.1 Å². The maximum atomic E-state index is 12.3. The van der Waals surface area contributed by atoms with E-state index in [9.17, 15) is 4.79 Å². The predicted molar refractivity (Wildman–Crippen MR) is 136 cm³/mol. The molecule has 2 aromatic rings. The number of hydrogen-bond donors (Lipinski definition) is 0. The summed E-state index contributed by atoms with van der Waals surface area (Å²) in [5.74, 6) is 0. The summed E-state index contributed by atoms with van der Waals surface area (Å²) in [4.78, 5) is 17.1. The lowest BCUT2D eigenvalue weighted by molar-refractivity contribution is 0.0228. The van der Waals surface area contributed by atoms with Gasteiger partial charge in [0.05, 0.1) is 0 Å². The summed E-state index contributed by atoms with van der Waals surface area (Å²) in [7, 11) is 0. The zero-order valence-electron chi connectivity index (χ0n) is 19.5. The minimum absolute atomic E-state index is 0.285. The Bertz CT molecular complexity index is 814. The smallest absolute Gasteiger partial charge is 0.414 e. The summed E-state index contributed by atoms with van der Waals surface area (Å²) in [5, 5.41) is 0. The minimum Gasteiger partial charge on any atom is -0.414 e.